The lowest BCUT2D eigenvalue weighted by molar-refractivity contribution is 1.20. The first-order valence-electron chi connectivity index (χ1n) is 2.24. The molecule has 0 aliphatic rings. The van der Waals surface area contributed by atoms with Gasteiger partial charge >= 0.3 is 0 Å². The third-order valence-corrected chi connectivity index (χ3v) is 2.16. The monoisotopic (exact) mass is 172 g/mol. The molecule has 0 aromatic rings. The Labute approximate surface area is 64.4 Å². The van der Waals surface area contributed by atoms with Crippen molar-refractivity contribution in [2.75, 3.05) is 5.88 Å². The molecule has 0 bridgehead atoms. The molecule has 0 aromatic carbocycles. The van der Waals surface area contributed by atoms with Crippen molar-refractivity contribution in [1.29, 1.82) is 0 Å². The van der Waals surface area contributed by atoms with E-state index in [9.17, 15) is 0 Å². The van der Waals surface area contributed by atoms with Crippen LogP contribution in [0.4, 0.5) is 0 Å². The molecule has 0 amide bonds. The molecule has 0 rings (SSSR count). The molecule has 0 aromatic heterocycles. The average Bonchev–Trinajstić information content (AvgIpc) is 1.84. The maximum absolute atomic E-state index is 5.58. The average molecular weight is 173 g/mol. The fraction of sp³-hybridized carbons (Fsp3) is 0.600. The van der Waals surface area contributed by atoms with Gasteiger partial charge in [-0.1, -0.05) is 17.7 Å². The van der Waals surface area contributed by atoms with Crippen LogP contribution < -0.4 is 0 Å². The molecule has 0 heterocycles. The molecule has 48 valence electrons. The van der Waals surface area contributed by atoms with Gasteiger partial charge in [-0.25, -0.2) is 0 Å². The fourth-order valence-corrected chi connectivity index (χ4v) is 0.703. The van der Waals surface area contributed by atoms with Gasteiger partial charge in [-0.3, -0.25) is 0 Å². The minimum absolute atomic E-state index is 0.219. The summed E-state index contributed by atoms with van der Waals surface area (Å²) in [4.78, 5) is 0. The van der Waals surface area contributed by atoms with E-state index < -0.39 is 0 Å². The molecule has 8 heavy (non-hydrogen) atoms. The van der Waals surface area contributed by atoms with Crippen molar-refractivity contribution < 1.29 is 0 Å². The Kier molecular flexibility index (Phi) is 4.83. The molecule has 0 radical (unpaired) electrons. The van der Waals surface area contributed by atoms with Crippen molar-refractivity contribution in [2.24, 2.45) is 0 Å². The molecule has 0 nitrogen and oxygen atoms in total. The van der Waals surface area contributed by atoms with Crippen LogP contribution in [0, 0.1) is 0 Å². The molecular weight excluding hydrogens is 166 g/mol. The van der Waals surface area contributed by atoms with E-state index in [1.807, 2.05) is 6.92 Å². The molecular formula is C5H7Cl3. The second-order valence-corrected chi connectivity index (χ2v) is 2.57. The van der Waals surface area contributed by atoms with Crippen LogP contribution in [0.15, 0.2) is 11.1 Å². The molecule has 0 N–H and O–H groups in total. The Morgan fingerprint density at radius 2 is 2.25 bits per heavy atom. The summed E-state index contributed by atoms with van der Waals surface area (Å²) in [6, 6.07) is 0. The molecule has 0 fully saturated rings. The van der Waals surface area contributed by atoms with Gasteiger partial charge in [0.1, 0.15) is 0 Å². The zero-order valence-corrected chi connectivity index (χ0v) is 6.76. The van der Waals surface area contributed by atoms with Crippen LogP contribution in [0.5, 0.6) is 0 Å². The van der Waals surface area contributed by atoms with Gasteiger partial charge < -0.3 is 0 Å². The maximum Gasteiger partial charge on any atom is 0.0823 e. The van der Waals surface area contributed by atoms with E-state index in [1.165, 1.54) is 0 Å². The number of rotatable bonds is 2. The molecule has 0 spiro atoms. The van der Waals surface area contributed by atoms with Crippen LogP contribution in [0.25, 0.3) is 0 Å². The topological polar surface area (TPSA) is 0 Å². The highest BCUT2D eigenvalue weighted by molar-refractivity contribution is 6.39. The molecule has 0 aliphatic heterocycles. The third-order valence-electron chi connectivity index (χ3n) is 0.710. The van der Waals surface area contributed by atoms with E-state index in [0.29, 0.717) is 10.9 Å². The van der Waals surface area contributed by atoms with Gasteiger partial charge in [0, 0.05) is 10.9 Å². The molecule has 1 atom stereocenters. The third kappa shape index (κ3) is 2.81. The number of halogens is 3. The summed E-state index contributed by atoms with van der Waals surface area (Å²) >= 11 is 16.5. The van der Waals surface area contributed by atoms with Crippen LogP contribution in [-0.4, -0.2) is 11.3 Å². The number of hydrogen-bond donors (Lipinski definition) is 0. The lowest BCUT2D eigenvalue weighted by atomic mass is 10.4. The summed E-state index contributed by atoms with van der Waals surface area (Å²) < 4.78 is 0. The first kappa shape index (κ1) is 8.61. The Balaban J connectivity index is 3.63. The lowest BCUT2D eigenvalue weighted by Crippen LogP contribution is -1.98. The maximum atomic E-state index is 5.58. The number of hydrogen-bond acceptors (Lipinski definition) is 0. The van der Waals surface area contributed by atoms with Crippen LogP contribution in [-0.2, 0) is 0 Å². The van der Waals surface area contributed by atoms with Crippen molar-refractivity contribution in [3.05, 3.63) is 11.1 Å². The van der Waals surface area contributed by atoms with E-state index in [0.717, 1.165) is 0 Å². The molecule has 0 saturated carbocycles. The molecule has 1 unspecified atom stereocenters. The van der Waals surface area contributed by atoms with Gasteiger partial charge in [-0.15, -0.1) is 23.2 Å². The van der Waals surface area contributed by atoms with E-state index in [1.54, 1.807) is 6.08 Å². The van der Waals surface area contributed by atoms with E-state index in [-0.39, 0.29) is 5.38 Å². The fourth-order valence-electron chi connectivity index (χ4n) is 0.255. The van der Waals surface area contributed by atoms with Gasteiger partial charge in [0.05, 0.1) is 5.38 Å². The van der Waals surface area contributed by atoms with E-state index >= 15 is 0 Å². The van der Waals surface area contributed by atoms with E-state index in [2.05, 4.69) is 0 Å². The standard InChI is InChI=1S/C5H7Cl3/c1-2-4(7)5(8)3-6/h2,5H,3H2,1H3. The quantitative estimate of drug-likeness (QED) is 0.563. The van der Waals surface area contributed by atoms with Gasteiger partial charge in [-0.05, 0) is 6.92 Å². The Morgan fingerprint density at radius 3 is 2.38 bits per heavy atom. The van der Waals surface area contributed by atoms with Crippen LogP contribution in [0.3, 0.4) is 0 Å². The highest BCUT2D eigenvalue weighted by Gasteiger charge is 2.03. The van der Waals surface area contributed by atoms with Crippen LogP contribution in [0.2, 0.25) is 0 Å². The normalized spacial score (nSPS) is 16.2. The lowest BCUT2D eigenvalue weighted by Gasteiger charge is -1.99. The SMILES string of the molecule is CC=C(Cl)C(Cl)CCl. The first-order chi connectivity index (χ1) is 3.72. The van der Waals surface area contributed by atoms with Gasteiger partial charge in [-0.2, -0.15) is 0 Å². The Bertz CT molecular complexity index is 87.7. The van der Waals surface area contributed by atoms with Crippen LogP contribution in [0.1, 0.15) is 6.92 Å². The zero-order chi connectivity index (χ0) is 6.57. The highest BCUT2D eigenvalue weighted by atomic mass is 35.5. The van der Waals surface area contributed by atoms with Crippen molar-refractivity contribution in [2.45, 2.75) is 12.3 Å². The summed E-state index contributed by atoms with van der Waals surface area (Å²) in [6.07, 6.45) is 1.74. The summed E-state index contributed by atoms with van der Waals surface area (Å²) in [5, 5.41) is 0.394. The zero-order valence-electron chi connectivity index (χ0n) is 4.50. The summed E-state index contributed by atoms with van der Waals surface area (Å²) in [5.41, 5.74) is 0. The van der Waals surface area contributed by atoms with Crippen molar-refractivity contribution in [1.82, 2.24) is 0 Å². The van der Waals surface area contributed by atoms with Gasteiger partial charge in [0.15, 0.2) is 0 Å². The van der Waals surface area contributed by atoms with E-state index in [4.69, 9.17) is 34.8 Å². The predicted octanol–water partition coefficient (Wildman–Crippen LogP) is 2.98. The number of allylic oxidation sites excluding steroid dienone is 2. The molecule has 0 saturated heterocycles. The second kappa shape index (κ2) is 4.49. The minimum Gasteiger partial charge on any atom is -0.125 e. The van der Waals surface area contributed by atoms with Crippen molar-refractivity contribution in [3.63, 3.8) is 0 Å². The molecule has 0 aliphatic carbocycles. The van der Waals surface area contributed by atoms with Gasteiger partial charge in [0.25, 0.3) is 0 Å². The summed E-state index contributed by atoms with van der Waals surface area (Å²) in [6.45, 7) is 1.82. The van der Waals surface area contributed by atoms with Crippen LogP contribution >= 0.6 is 34.8 Å². The minimum atomic E-state index is -0.219. The predicted molar refractivity (Wildman–Crippen MR) is 40.0 cm³/mol. The largest absolute Gasteiger partial charge is 0.125 e. The summed E-state index contributed by atoms with van der Waals surface area (Å²) in [7, 11) is 0. The van der Waals surface area contributed by atoms with Gasteiger partial charge in [0.2, 0.25) is 0 Å². The molecule has 3 heteroatoms. The smallest absolute Gasteiger partial charge is 0.0823 e. The first-order valence-corrected chi connectivity index (χ1v) is 3.59. The van der Waals surface area contributed by atoms with Crippen molar-refractivity contribution >= 4 is 34.8 Å². The Morgan fingerprint density at radius 1 is 1.75 bits per heavy atom. The number of alkyl halides is 2. The Hall–Kier alpha value is 0.610. The highest BCUT2D eigenvalue weighted by Crippen LogP contribution is 2.14. The van der Waals surface area contributed by atoms with Crippen molar-refractivity contribution in [3.8, 4) is 0 Å². The summed E-state index contributed by atoms with van der Waals surface area (Å²) in [5.74, 6) is 0.366. The second-order valence-electron chi connectivity index (χ2n) is 1.30.